The molecule has 0 saturated carbocycles. The molecule has 0 saturated heterocycles. The van der Waals surface area contributed by atoms with Crippen molar-refractivity contribution in [2.75, 3.05) is 42.8 Å². The van der Waals surface area contributed by atoms with E-state index in [2.05, 4.69) is 16.0 Å². The average molecular weight is 535 g/mol. The van der Waals surface area contributed by atoms with Crippen LogP contribution in [0.25, 0.3) is 11.3 Å². The fourth-order valence-corrected chi connectivity index (χ4v) is 5.78. The summed E-state index contributed by atoms with van der Waals surface area (Å²) in [6.07, 6.45) is 0. The molecule has 38 heavy (non-hydrogen) atoms. The van der Waals surface area contributed by atoms with E-state index in [-0.39, 0.29) is 25.2 Å². The number of carbonyl (C=O) groups excluding carboxylic acids is 2. The Balaban J connectivity index is 1.81. The molecule has 1 aliphatic heterocycles. The Morgan fingerprint density at radius 2 is 1.63 bits per heavy atom. The SMILES string of the molecule is CCOP(=O)(OCC)c1ccc2c(c1)C(=C(Nc1ccc(N(C)C(=O)NC)cc1)c1ccccc1)C(=O)N2. The van der Waals surface area contributed by atoms with Crippen LogP contribution in [0, 0.1) is 0 Å². The third-order valence-electron chi connectivity index (χ3n) is 6.02. The summed E-state index contributed by atoms with van der Waals surface area (Å²) in [7, 11) is -0.310. The van der Waals surface area contributed by atoms with Crippen molar-refractivity contribution in [3.63, 3.8) is 0 Å². The summed E-state index contributed by atoms with van der Waals surface area (Å²) < 4.78 is 24.6. The van der Waals surface area contributed by atoms with Crippen LogP contribution in [0.5, 0.6) is 0 Å². The highest BCUT2D eigenvalue weighted by atomic mass is 31.2. The first-order valence-corrected chi connectivity index (χ1v) is 13.8. The number of fused-ring (bicyclic) bond motifs is 1. The van der Waals surface area contributed by atoms with Gasteiger partial charge in [0.2, 0.25) is 0 Å². The largest absolute Gasteiger partial charge is 0.361 e. The fourth-order valence-electron chi connectivity index (χ4n) is 4.18. The molecule has 198 valence electrons. The molecule has 3 aromatic carbocycles. The van der Waals surface area contributed by atoms with Crippen LogP contribution in [0.1, 0.15) is 25.0 Å². The number of amides is 3. The highest BCUT2D eigenvalue weighted by molar-refractivity contribution is 7.62. The Morgan fingerprint density at radius 3 is 2.24 bits per heavy atom. The fraction of sp³-hybridized carbons (Fsp3) is 0.214. The number of benzene rings is 3. The van der Waals surface area contributed by atoms with Crippen LogP contribution in [-0.2, 0) is 18.4 Å². The summed E-state index contributed by atoms with van der Waals surface area (Å²) in [5.74, 6) is -0.290. The van der Waals surface area contributed by atoms with Crippen molar-refractivity contribution < 1.29 is 23.2 Å². The van der Waals surface area contributed by atoms with Gasteiger partial charge in [-0.2, -0.15) is 0 Å². The van der Waals surface area contributed by atoms with Gasteiger partial charge in [0.15, 0.2) is 0 Å². The first kappa shape index (κ1) is 27.1. The first-order chi connectivity index (χ1) is 18.3. The molecule has 0 bridgehead atoms. The molecule has 0 spiro atoms. The maximum absolute atomic E-state index is 13.5. The first-order valence-electron chi connectivity index (χ1n) is 12.3. The minimum absolute atomic E-state index is 0.218. The molecule has 1 heterocycles. The number of rotatable bonds is 9. The number of hydrogen-bond donors (Lipinski definition) is 3. The summed E-state index contributed by atoms with van der Waals surface area (Å²) in [5, 5.41) is 9.28. The molecular weight excluding hydrogens is 503 g/mol. The quantitative estimate of drug-likeness (QED) is 0.254. The molecule has 0 aliphatic carbocycles. The van der Waals surface area contributed by atoms with Gasteiger partial charge < -0.3 is 25.0 Å². The minimum atomic E-state index is -3.56. The molecule has 1 aliphatic rings. The highest BCUT2D eigenvalue weighted by Crippen LogP contribution is 2.48. The Morgan fingerprint density at radius 1 is 0.974 bits per heavy atom. The van der Waals surface area contributed by atoms with Crippen molar-refractivity contribution in [3.05, 3.63) is 83.9 Å². The van der Waals surface area contributed by atoms with Crippen LogP contribution in [0.4, 0.5) is 21.9 Å². The summed E-state index contributed by atoms with van der Waals surface area (Å²) in [6.45, 7) is 3.95. The molecule has 3 aromatic rings. The molecule has 4 rings (SSSR count). The number of nitrogens with zero attached hydrogens (tertiary/aromatic N) is 1. The Hall–Kier alpha value is -3.91. The smallest absolute Gasteiger partial charge is 0.354 e. The molecule has 0 fully saturated rings. The number of nitrogens with one attached hydrogen (secondary N) is 3. The zero-order valence-corrected chi connectivity index (χ0v) is 22.7. The van der Waals surface area contributed by atoms with E-state index in [9.17, 15) is 14.2 Å². The Labute approximate surface area is 222 Å². The van der Waals surface area contributed by atoms with Crippen LogP contribution >= 0.6 is 7.60 Å². The maximum Gasteiger partial charge on any atom is 0.361 e. The van der Waals surface area contributed by atoms with Crippen molar-refractivity contribution >= 4 is 53.2 Å². The third-order valence-corrected chi connectivity index (χ3v) is 8.12. The van der Waals surface area contributed by atoms with E-state index >= 15 is 0 Å². The predicted octanol–water partition coefficient (Wildman–Crippen LogP) is 5.29. The summed E-state index contributed by atoms with van der Waals surface area (Å²) in [5.41, 5.74) is 4.39. The topological polar surface area (TPSA) is 109 Å². The van der Waals surface area contributed by atoms with Gasteiger partial charge >= 0.3 is 13.6 Å². The molecule has 0 unspecified atom stereocenters. The van der Waals surface area contributed by atoms with E-state index in [0.29, 0.717) is 33.5 Å². The third kappa shape index (κ3) is 5.50. The van der Waals surface area contributed by atoms with Gasteiger partial charge in [-0.1, -0.05) is 30.3 Å². The van der Waals surface area contributed by atoms with E-state index in [0.717, 1.165) is 11.3 Å². The lowest BCUT2D eigenvalue weighted by Gasteiger charge is -2.19. The van der Waals surface area contributed by atoms with Gasteiger partial charge in [0.05, 0.1) is 29.8 Å². The number of urea groups is 1. The van der Waals surface area contributed by atoms with Crippen LogP contribution in [-0.4, -0.2) is 39.2 Å². The lowest BCUT2D eigenvalue weighted by molar-refractivity contribution is -0.110. The van der Waals surface area contributed by atoms with Crippen LogP contribution in [0.3, 0.4) is 0 Å². The lowest BCUT2D eigenvalue weighted by atomic mass is 10.00. The zero-order chi connectivity index (χ0) is 27.3. The van der Waals surface area contributed by atoms with Crippen molar-refractivity contribution in [3.8, 4) is 0 Å². The average Bonchev–Trinajstić information content (AvgIpc) is 3.26. The molecular formula is C28H31N4O5P. The van der Waals surface area contributed by atoms with E-state index in [1.807, 2.05) is 54.6 Å². The molecule has 9 nitrogen and oxygen atoms in total. The zero-order valence-electron chi connectivity index (χ0n) is 21.8. The summed E-state index contributed by atoms with van der Waals surface area (Å²) in [4.78, 5) is 26.8. The van der Waals surface area contributed by atoms with Crippen molar-refractivity contribution in [2.45, 2.75) is 13.8 Å². The standard InChI is InChI=1S/C28H31N4O5P/c1-5-36-38(35,37-6-2)22-16-17-24-23(18-22)25(27(33)31-24)26(19-10-8-7-9-11-19)30-20-12-14-21(15-13-20)32(4)28(34)29-3/h7-18,30H,5-6H2,1-4H3,(H,29,34)(H,31,33). The van der Waals surface area contributed by atoms with E-state index < -0.39 is 7.60 Å². The normalized spacial score (nSPS) is 13.9. The van der Waals surface area contributed by atoms with Gasteiger partial charge in [-0.15, -0.1) is 0 Å². The minimum Gasteiger partial charge on any atom is -0.354 e. The molecule has 0 aromatic heterocycles. The van der Waals surface area contributed by atoms with E-state index in [1.54, 1.807) is 46.1 Å². The van der Waals surface area contributed by atoms with E-state index in [4.69, 9.17) is 9.05 Å². The number of anilines is 3. The highest BCUT2D eigenvalue weighted by Gasteiger charge is 2.33. The summed E-state index contributed by atoms with van der Waals surface area (Å²) >= 11 is 0. The van der Waals surface area contributed by atoms with Gasteiger partial charge in [0.25, 0.3) is 5.91 Å². The monoisotopic (exact) mass is 534 g/mol. The lowest BCUT2D eigenvalue weighted by Crippen LogP contribution is -2.34. The second-order valence-corrected chi connectivity index (χ2v) is 10.4. The van der Waals surface area contributed by atoms with Crippen LogP contribution in [0.15, 0.2) is 72.8 Å². The van der Waals surface area contributed by atoms with Crippen LogP contribution < -0.4 is 26.2 Å². The van der Waals surface area contributed by atoms with Crippen molar-refractivity contribution in [2.24, 2.45) is 0 Å². The maximum atomic E-state index is 13.5. The predicted molar refractivity (Wildman–Crippen MR) is 152 cm³/mol. The van der Waals surface area contributed by atoms with Gasteiger partial charge in [0, 0.05) is 36.7 Å². The van der Waals surface area contributed by atoms with E-state index in [1.165, 1.54) is 4.90 Å². The van der Waals surface area contributed by atoms with Crippen LogP contribution in [0.2, 0.25) is 0 Å². The molecule has 3 amide bonds. The van der Waals surface area contributed by atoms with Crippen molar-refractivity contribution in [1.29, 1.82) is 0 Å². The Kier molecular flexibility index (Phi) is 8.32. The second-order valence-electron chi connectivity index (χ2n) is 8.42. The summed E-state index contributed by atoms with van der Waals surface area (Å²) in [6, 6.07) is 21.6. The van der Waals surface area contributed by atoms with Gasteiger partial charge in [-0.3, -0.25) is 14.3 Å². The Bertz CT molecular complexity index is 1400. The second kappa shape index (κ2) is 11.6. The number of hydrogen-bond acceptors (Lipinski definition) is 6. The molecule has 10 heteroatoms. The molecule has 3 N–H and O–H groups in total. The van der Waals surface area contributed by atoms with Gasteiger partial charge in [0.1, 0.15) is 0 Å². The van der Waals surface area contributed by atoms with Crippen molar-refractivity contribution in [1.82, 2.24) is 5.32 Å². The molecule has 0 radical (unpaired) electrons. The van der Waals surface area contributed by atoms with Gasteiger partial charge in [-0.25, -0.2) is 4.79 Å². The number of carbonyl (C=O) groups is 2. The van der Waals surface area contributed by atoms with Gasteiger partial charge in [-0.05, 0) is 61.9 Å². The molecule has 0 atom stereocenters.